The molecule has 0 N–H and O–H groups in total. The summed E-state index contributed by atoms with van der Waals surface area (Å²) in [6.45, 7) is 4.07. The van der Waals surface area contributed by atoms with E-state index in [2.05, 4.69) is 12.1 Å². The average Bonchev–Trinajstić information content (AvgIpc) is 3.05. The number of hydrogen-bond acceptors (Lipinski definition) is 3. The molecule has 0 unspecified atom stereocenters. The zero-order chi connectivity index (χ0) is 10.3. The first kappa shape index (κ1) is 8.28. The van der Waals surface area contributed by atoms with Crippen molar-refractivity contribution in [2.24, 2.45) is 0 Å². The van der Waals surface area contributed by atoms with E-state index in [1.165, 1.54) is 11.1 Å². The molecule has 3 aliphatic heterocycles. The van der Waals surface area contributed by atoms with Gasteiger partial charge in [0.15, 0.2) is 11.2 Å². The first-order chi connectivity index (χ1) is 7.16. The fraction of sp³-hybridized carbons (Fsp3) is 0.500. The Morgan fingerprint density at radius 2 is 1.40 bits per heavy atom. The van der Waals surface area contributed by atoms with Crippen LogP contribution in [0.3, 0.4) is 0 Å². The van der Waals surface area contributed by atoms with Crippen molar-refractivity contribution in [2.75, 3.05) is 0 Å². The van der Waals surface area contributed by atoms with Crippen LogP contribution in [0.25, 0.3) is 0 Å². The van der Waals surface area contributed by atoms with Gasteiger partial charge in [0.25, 0.3) is 0 Å². The lowest BCUT2D eigenvalue weighted by Crippen LogP contribution is -2.54. The van der Waals surface area contributed by atoms with Gasteiger partial charge in [-0.25, -0.2) is 9.78 Å². The molecule has 1 aromatic rings. The van der Waals surface area contributed by atoms with Crippen LogP contribution in [-0.4, -0.2) is 12.2 Å². The summed E-state index contributed by atoms with van der Waals surface area (Å²) in [6, 6.07) is 8.28. The molecule has 0 amide bonds. The molecule has 4 aliphatic rings. The molecule has 0 saturated carbocycles. The first-order valence-corrected chi connectivity index (χ1v) is 5.28. The number of rotatable bonds is 0. The maximum absolute atomic E-state index is 5.70. The topological polar surface area (TPSA) is 31.0 Å². The lowest BCUT2D eigenvalue weighted by molar-refractivity contribution is -0.445. The summed E-state index contributed by atoms with van der Waals surface area (Å²) in [4.78, 5) is 11.0. The Balaban J connectivity index is 2.07. The van der Waals surface area contributed by atoms with Crippen LogP contribution >= 0.6 is 0 Å². The van der Waals surface area contributed by atoms with Gasteiger partial charge >= 0.3 is 0 Å². The highest BCUT2D eigenvalue weighted by Crippen LogP contribution is 2.61. The van der Waals surface area contributed by atoms with Crippen LogP contribution in [-0.2, 0) is 25.7 Å². The predicted molar refractivity (Wildman–Crippen MR) is 52.0 cm³/mol. The van der Waals surface area contributed by atoms with E-state index in [1.54, 1.807) is 0 Å². The smallest absolute Gasteiger partial charge is 0.155 e. The van der Waals surface area contributed by atoms with Crippen molar-refractivity contribution in [1.29, 1.82) is 0 Å². The number of epoxide rings is 1. The molecule has 1 aromatic carbocycles. The molecule has 0 radical (unpaired) electrons. The molecule has 78 valence electrons. The van der Waals surface area contributed by atoms with Crippen LogP contribution in [0.5, 0.6) is 0 Å². The van der Waals surface area contributed by atoms with Crippen molar-refractivity contribution < 1.29 is 14.5 Å². The lowest BCUT2D eigenvalue weighted by Gasteiger charge is -2.46. The Morgan fingerprint density at radius 1 is 0.933 bits per heavy atom. The third kappa shape index (κ3) is 0.728. The highest BCUT2D eigenvalue weighted by Gasteiger charge is 2.72. The summed E-state index contributed by atoms with van der Waals surface area (Å²) in [5, 5.41) is 0. The fourth-order valence-electron chi connectivity index (χ4n) is 2.96. The zero-order valence-corrected chi connectivity index (χ0v) is 8.69. The van der Waals surface area contributed by atoms with Gasteiger partial charge in [0.1, 0.15) is 12.2 Å². The molecule has 4 atom stereocenters. The summed E-state index contributed by atoms with van der Waals surface area (Å²) < 4.78 is 5.70. The van der Waals surface area contributed by atoms with Gasteiger partial charge in [0, 0.05) is 0 Å². The van der Waals surface area contributed by atoms with Crippen molar-refractivity contribution in [2.45, 2.75) is 37.3 Å². The van der Waals surface area contributed by atoms with Crippen molar-refractivity contribution >= 4 is 0 Å². The van der Waals surface area contributed by atoms with Crippen LogP contribution in [0.15, 0.2) is 24.3 Å². The minimum Gasteiger partial charge on any atom is -0.362 e. The highest BCUT2D eigenvalue weighted by molar-refractivity contribution is 5.45. The van der Waals surface area contributed by atoms with Crippen LogP contribution in [0.1, 0.15) is 25.0 Å². The third-order valence-electron chi connectivity index (χ3n) is 3.96. The maximum atomic E-state index is 5.70. The zero-order valence-electron chi connectivity index (χ0n) is 8.69. The third-order valence-corrected chi connectivity index (χ3v) is 3.96. The Kier molecular flexibility index (Phi) is 1.17. The summed E-state index contributed by atoms with van der Waals surface area (Å²) in [7, 11) is 0. The molecule has 0 spiro atoms. The van der Waals surface area contributed by atoms with Crippen LogP contribution in [0.4, 0.5) is 0 Å². The standard InChI is InChI=1S/C12H12O3/c1-11-7-5-3-4-6-8(7)12(2,15-14-11)10-9(11)13-10/h3-6,9-10H,1-2H3/t9-,10-,11+,12+/m0/s1. The molecular weight excluding hydrogens is 192 g/mol. The van der Waals surface area contributed by atoms with E-state index in [4.69, 9.17) is 14.5 Å². The monoisotopic (exact) mass is 204 g/mol. The quantitative estimate of drug-likeness (QED) is 0.477. The van der Waals surface area contributed by atoms with E-state index >= 15 is 0 Å². The molecule has 15 heavy (non-hydrogen) atoms. The second-order valence-electron chi connectivity index (χ2n) is 4.90. The number of hydrogen-bond donors (Lipinski definition) is 0. The molecule has 2 bridgehead atoms. The summed E-state index contributed by atoms with van der Waals surface area (Å²) >= 11 is 0. The van der Waals surface area contributed by atoms with E-state index in [9.17, 15) is 0 Å². The van der Waals surface area contributed by atoms with Crippen molar-refractivity contribution in [1.82, 2.24) is 0 Å². The summed E-state index contributed by atoms with van der Waals surface area (Å²) in [5.41, 5.74) is 1.58. The van der Waals surface area contributed by atoms with Gasteiger partial charge in [0.05, 0.1) is 0 Å². The first-order valence-electron chi connectivity index (χ1n) is 5.28. The minimum atomic E-state index is -0.418. The van der Waals surface area contributed by atoms with Crippen molar-refractivity contribution in [3.05, 3.63) is 35.4 Å². The summed E-state index contributed by atoms with van der Waals surface area (Å²) in [6.07, 6.45) is 0.317. The Bertz CT molecular complexity index is 417. The molecule has 0 aromatic heterocycles. The SMILES string of the molecule is C[C@@]12OO[C@](C)(c3ccccc31)[C@H]1O[C@@H]12. The number of benzene rings is 1. The molecule has 5 rings (SSSR count). The number of fused-ring (bicyclic) bond motifs is 1. The lowest BCUT2D eigenvalue weighted by atomic mass is 9.72. The molecule has 3 heteroatoms. The second kappa shape index (κ2) is 2.12. The van der Waals surface area contributed by atoms with Gasteiger partial charge in [-0.3, -0.25) is 0 Å². The number of ether oxygens (including phenoxy) is 1. The second-order valence-corrected chi connectivity index (χ2v) is 4.90. The maximum Gasteiger partial charge on any atom is 0.155 e. The fourth-order valence-corrected chi connectivity index (χ4v) is 2.96. The van der Waals surface area contributed by atoms with Gasteiger partial charge in [-0.1, -0.05) is 24.3 Å². The van der Waals surface area contributed by atoms with E-state index < -0.39 is 11.2 Å². The Morgan fingerprint density at radius 3 is 1.87 bits per heavy atom. The van der Waals surface area contributed by atoms with E-state index in [0.717, 1.165) is 0 Å². The Labute approximate surface area is 87.9 Å². The predicted octanol–water partition coefficient (Wildman–Crippen LogP) is 1.86. The highest BCUT2D eigenvalue weighted by atomic mass is 17.2. The van der Waals surface area contributed by atoms with Crippen molar-refractivity contribution in [3.63, 3.8) is 0 Å². The van der Waals surface area contributed by atoms with E-state index in [0.29, 0.717) is 0 Å². The molecule has 2 saturated heterocycles. The average molecular weight is 204 g/mol. The van der Waals surface area contributed by atoms with Crippen LogP contribution in [0, 0.1) is 0 Å². The molecule has 2 fully saturated rings. The van der Waals surface area contributed by atoms with Gasteiger partial charge in [-0.2, -0.15) is 0 Å². The molecule has 3 heterocycles. The Hall–Kier alpha value is -0.900. The van der Waals surface area contributed by atoms with Gasteiger partial charge in [-0.15, -0.1) is 0 Å². The normalized spacial score (nSPS) is 49.7. The minimum absolute atomic E-state index is 0.158. The van der Waals surface area contributed by atoms with Gasteiger partial charge in [-0.05, 0) is 25.0 Å². The molecule has 3 nitrogen and oxygen atoms in total. The van der Waals surface area contributed by atoms with Crippen LogP contribution in [0.2, 0.25) is 0 Å². The van der Waals surface area contributed by atoms with Crippen LogP contribution < -0.4 is 0 Å². The van der Waals surface area contributed by atoms with E-state index in [-0.39, 0.29) is 12.2 Å². The molecular formula is C12H12O3. The van der Waals surface area contributed by atoms with Gasteiger partial charge in [0.2, 0.25) is 0 Å². The van der Waals surface area contributed by atoms with Crippen molar-refractivity contribution in [3.8, 4) is 0 Å². The molecule has 1 aliphatic carbocycles. The van der Waals surface area contributed by atoms with E-state index in [1.807, 2.05) is 26.0 Å². The van der Waals surface area contributed by atoms with Gasteiger partial charge < -0.3 is 4.74 Å². The summed E-state index contributed by atoms with van der Waals surface area (Å²) in [5.74, 6) is 0. The largest absolute Gasteiger partial charge is 0.362 e.